The number of hydrogen-bond acceptors (Lipinski definition) is 4. The molecule has 0 spiro atoms. The predicted octanol–water partition coefficient (Wildman–Crippen LogP) is 2.11. The van der Waals surface area contributed by atoms with Crippen LogP contribution in [0.5, 0.6) is 5.75 Å². The van der Waals surface area contributed by atoms with Crippen LogP contribution in [-0.4, -0.2) is 43.1 Å². The van der Waals surface area contributed by atoms with E-state index in [4.69, 9.17) is 9.47 Å². The summed E-state index contributed by atoms with van der Waals surface area (Å²) in [7, 11) is 1.37. The highest BCUT2D eigenvalue weighted by atomic mass is 16.5. The van der Waals surface area contributed by atoms with E-state index in [1.54, 1.807) is 23.1 Å². The van der Waals surface area contributed by atoms with Gasteiger partial charge in [-0.05, 0) is 38.5 Å². The summed E-state index contributed by atoms with van der Waals surface area (Å²) in [6.07, 6.45) is 0.714. The molecule has 1 amide bonds. The summed E-state index contributed by atoms with van der Waals surface area (Å²) < 4.78 is 10.3. The summed E-state index contributed by atoms with van der Waals surface area (Å²) in [6.45, 7) is 4.88. The SMILES string of the molecule is COC(=O)C1CCN(C(=O)c2cccc(OC(C)C)c2)C1. The molecule has 1 aliphatic heterocycles. The molecular weight excluding hydrogens is 270 g/mol. The molecule has 1 unspecified atom stereocenters. The number of ether oxygens (including phenoxy) is 2. The van der Waals surface area contributed by atoms with Gasteiger partial charge in [-0.15, -0.1) is 0 Å². The lowest BCUT2D eigenvalue weighted by Crippen LogP contribution is -2.30. The minimum atomic E-state index is -0.248. The van der Waals surface area contributed by atoms with Gasteiger partial charge in [-0.25, -0.2) is 0 Å². The molecular formula is C16H21NO4. The van der Waals surface area contributed by atoms with Gasteiger partial charge in [0, 0.05) is 18.7 Å². The zero-order valence-corrected chi connectivity index (χ0v) is 12.7. The molecule has 1 heterocycles. The van der Waals surface area contributed by atoms with Crippen LogP contribution in [-0.2, 0) is 9.53 Å². The number of esters is 1. The second-order valence-corrected chi connectivity index (χ2v) is 5.45. The summed E-state index contributed by atoms with van der Waals surface area (Å²) in [6, 6.07) is 7.14. The van der Waals surface area contributed by atoms with E-state index >= 15 is 0 Å². The smallest absolute Gasteiger partial charge is 0.310 e. The Kier molecular flexibility index (Phi) is 4.83. The first-order chi connectivity index (χ1) is 10.0. The summed E-state index contributed by atoms with van der Waals surface area (Å²) in [4.78, 5) is 25.7. The number of amides is 1. The van der Waals surface area contributed by atoms with Gasteiger partial charge in [0.1, 0.15) is 5.75 Å². The molecule has 0 saturated carbocycles. The molecule has 0 radical (unpaired) electrons. The number of carbonyl (C=O) groups is 2. The monoisotopic (exact) mass is 291 g/mol. The highest BCUT2D eigenvalue weighted by Gasteiger charge is 2.32. The van der Waals surface area contributed by atoms with Crippen molar-refractivity contribution in [1.82, 2.24) is 4.90 Å². The Morgan fingerprint density at radius 2 is 2.10 bits per heavy atom. The van der Waals surface area contributed by atoms with Crippen LogP contribution >= 0.6 is 0 Å². The van der Waals surface area contributed by atoms with Gasteiger partial charge in [0.15, 0.2) is 0 Å². The zero-order chi connectivity index (χ0) is 15.4. The lowest BCUT2D eigenvalue weighted by atomic mass is 10.1. The van der Waals surface area contributed by atoms with E-state index in [9.17, 15) is 9.59 Å². The molecule has 114 valence electrons. The number of hydrogen-bond donors (Lipinski definition) is 0. The third-order valence-corrected chi connectivity index (χ3v) is 3.46. The standard InChI is InChI=1S/C16H21NO4/c1-11(2)21-14-6-4-5-12(9-14)15(18)17-8-7-13(10-17)16(19)20-3/h4-6,9,11,13H,7-8,10H2,1-3H3. The van der Waals surface area contributed by atoms with Gasteiger partial charge in [0.2, 0.25) is 0 Å². The number of benzene rings is 1. The van der Waals surface area contributed by atoms with E-state index in [0.29, 0.717) is 30.8 Å². The number of rotatable bonds is 4. The van der Waals surface area contributed by atoms with Crippen molar-refractivity contribution < 1.29 is 19.1 Å². The first-order valence-electron chi connectivity index (χ1n) is 7.15. The first-order valence-corrected chi connectivity index (χ1v) is 7.15. The third kappa shape index (κ3) is 3.74. The molecule has 0 N–H and O–H groups in total. The van der Waals surface area contributed by atoms with Crippen LogP contribution in [0.15, 0.2) is 24.3 Å². The zero-order valence-electron chi connectivity index (χ0n) is 12.7. The Labute approximate surface area is 124 Å². The van der Waals surface area contributed by atoms with Crippen LogP contribution in [0.25, 0.3) is 0 Å². The summed E-state index contributed by atoms with van der Waals surface area (Å²) in [5, 5.41) is 0. The van der Waals surface area contributed by atoms with Crippen molar-refractivity contribution in [1.29, 1.82) is 0 Å². The second-order valence-electron chi connectivity index (χ2n) is 5.45. The molecule has 1 atom stereocenters. The fourth-order valence-electron chi connectivity index (χ4n) is 2.46. The molecule has 5 heteroatoms. The van der Waals surface area contributed by atoms with Crippen molar-refractivity contribution in [2.75, 3.05) is 20.2 Å². The maximum Gasteiger partial charge on any atom is 0.310 e. The predicted molar refractivity (Wildman–Crippen MR) is 78.2 cm³/mol. The summed E-state index contributed by atoms with van der Waals surface area (Å²) in [5.74, 6) is 0.145. The van der Waals surface area contributed by atoms with Crippen LogP contribution in [0.3, 0.4) is 0 Å². The molecule has 1 saturated heterocycles. The number of likely N-dealkylation sites (tertiary alicyclic amines) is 1. The average Bonchev–Trinajstić information content (AvgIpc) is 2.95. The van der Waals surface area contributed by atoms with Gasteiger partial charge in [-0.3, -0.25) is 9.59 Å². The van der Waals surface area contributed by atoms with Gasteiger partial charge in [-0.2, -0.15) is 0 Å². The second kappa shape index (κ2) is 6.61. The van der Waals surface area contributed by atoms with Crippen molar-refractivity contribution in [3.8, 4) is 5.75 Å². The maximum atomic E-state index is 12.5. The summed E-state index contributed by atoms with van der Waals surface area (Å²) in [5.41, 5.74) is 0.582. The van der Waals surface area contributed by atoms with Crippen LogP contribution in [0, 0.1) is 5.92 Å². The van der Waals surface area contributed by atoms with E-state index < -0.39 is 0 Å². The van der Waals surface area contributed by atoms with Crippen molar-refractivity contribution in [3.05, 3.63) is 29.8 Å². The van der Waals surface area contributed by atoms with Gasteiger partial charge in [0.05, 0.1) is 19.1 Å². The molecule has 5 nitrogen and oxygen atoms in total. The molecule has 1 aromatic carbocycles. The molecule has 1 aromatic rings. The highest BCUT2D eigenvalue weighted by molar-refractivity contribution is 5.95. The van der Waals surface area contributed by atoms with Crippen molar-refractivity contribution in [3.63, 3.8) is 0 Å². The quantitative estimate of drug-likeness (QED) is 0.797. The molecule has 1 aliphatic rings. The Balaban J connectivity index is 2.05. The van der Waals surface area contributed by atoms with Gasteiger partial charge < -0.3 is 14.4 Å². The van der Waals surface area contributed by atoms with Gasteiger partial charge in [-0.1, -0.05) is 6.07 Å². The van der Waals surface area contributed by atoms with Crippen LogP contribution < -0.4 is 4.74 Å². The highest BCUT2D eigenvalue weighted by Crippen LogP contribution is 2.22. The van der Waals surface area contributed by atoms with Gasteiger partial charge >= 0.3 is 5.97 Å². The largest absolute Gasteiger partial charge is 0.491 e. The van der Waals surface area contributed by atoms with E-state index in [-0.39, 0.29) is 23.9 Å². The Bertz CT molecular complexity index is 527. The van der Waals surface area contributed by atoms with Crippen molar-refractivity contribution in [2.24, 2.45) is 5.92 Å². The lowest BCUT2D eigenvalue weighted by molar-refractivity contribution is -0.144. The molecule has 1 fully saturated rings. The van der Waals surface area contributed by atoms with Crippen LogP contribution in [0.4, 0.5) is 0 Å². The topological polar surface area (TPSA) is 55.8 Å². The number of nitrogens with zero attached hydrogens (tertiary/aromatic N) is 1. The normalized spacial score (nSPS) is 17.9. The van der Waals surface area contributed by atoms with E-state index in [1.165, 1.54) is 7.11 Å². The minimum absolute atomic E-state index is 0.0610. The lowest BCUT2D eigenvalue weighted by Gasteiger charge is -2.17. The Morgan fingerprint density at radius 3 is 2.76 bits per heavy atom. The van der Waals surface area contributed by atoms with Crippen molar-refractivity contribution in [2.45, 2.75) is 26.4 Å². The Hall–Kier alpha value is -2.04. The molecule has 0 aromatic heterocycles. The van der Waals surface area contributed by atoms with Crippen LogP contribution in [0.1, 0.15) is 30.6 Å². The summed E-state index contributed by atoms with van der Waals surface area (Å²) >= 11 is 0. The average molecular weight is 291 g/mol. The molecule has 2 rings (SSSR count). The molecule has 0 aliphatic carbocycles. The first kappa shape index (κ1) is 15.4. The van der Waals surface area contributed by atoms with Crippen molar-refractivity contribution >= 4 is 11.9 Å². The Morgan fingerprint density at radius 1 is 1.33 bits per heavy atom. The maximum absolute atomic E-state index is 12.5. The van der Waals surface area contributed by atoms with Gasteiger partial charge in [0.25, 0.3) is 5.91 Å². The van der Waals surface area contributed by atoms with Crippen LogP contribution in [0.2, 0.25) is 0 Å². The van der Waals surface area contributed by atoms with E-state index in [1.807, 2.05) is 19.9 Å². The molecule has 21 heavy (non-hydrogen) atoms. The number of carbonyl (C=O) groups excluding carboxylic acids is 2. The minimum Gasteiger partial charge on any atom is -0.491 e. The van der Waals surface area contributed by atoms with E-state index in [0.717, 1.165) is 0 Å². The van der Waals surface area contributed by atoms with E-state index in [2.05, 4.69) is 0 Å². The number of methoxy groups -OCH3 is 1. The fourth-order valence-corrected chi connectivity index (χ4v) is 2.46. The third-order valence-electron chi connectivity index (χ3n) is 3.46. The molecule has 0 bridgehead atoms. The fraction of sp³-hybridized carbons (Fsp3) is 0.500.